The van der Waals surface area contributed by atoms with Crippen LogP contribution in [0, 0.1) is 5.82 Å². The van der Waals surface area contributed by atoms with Gasteiger partial charge in [0.05, 0.1) is 16.0 Å². The summed E-state index contributed by atoms with van der Waals surface area (Å²) in [6, 6.07) is 12.5. The lowest BCUT2D eigenvalue weighted by molar-refractivity contribution is -0.116. The molecule has 0 bridgehead atoms. The average molecular weight is 482 g/mol. The molecule has 0 spiro atoms. The van der Waals surface area contributed by atoms with E-state index in [2.05, 4.69) is 37.8 Å². The maximum Gasteiger partial charge on any atom is 0.239 e. The van der Waals surface area contributed by atoms with E-state index in [1.54, 1.807) is 23.5 Å². The third-order valence-corrected chi connectivity index (χ3v) is 7.13. The molecule has 0 aliphatic carbocycles. The minimum absolute atomic E-state index is 0. The van der Waals surface area contributed by atoms with E-state index in [-0.39, 0.29) is 24.1 Å². The zero-order valence-electron chi connectivity index (χ0n) is 18.1. The van der Waals surface area contributed by atoms with Crippen molar-refractivity contribution in [3.8, 4) is 0 Å². The molecule has 4 nitrogen and oxygen atoms in total. The first-order chi connectivity index (χ1) is 14.5. The number of nitrogens with zero attached hydrogens (tertiary/aromatic N) is 3. The van der Waals surface area contributed by atoms with Crippen LogP contribution in [0.2, 0.25) is 0 Å². The second kappa shape index (κ2) is 12.4. The van der Waals surface area contributed by atoms with Crippen molar-refractivity contribution in [2.45, 2.75) is 32.1 Å². The molecule has 8 heteroatoms. The van der Waals surface area contributed by atoms with Crippen LogP contribution in [0.25, 0.3) is 10.2 Å². The Morgan fingerprint density at radius 2 is 1.77 bits per heavy atom. The van der Waals surface area contributed by atoms with Crippen molar-refractivity contribution in [3.63, 3.8) is 0 Å². The van der Waals surface area contributed by atoms with Crippen LogP contribution in [0.3, 0.4) is 0 Å². The lowest BCUT2D eigenvalue weighted by atomic mass is 10.2. The molecule has 0 radical (unpaired) electrons. The minimum Gasteiger partial charge on any atom is -0.302 e. The zero-order chi connectivity index (χ0) is 21.5. The minimum atomic E-state index is -0.271. The molecule has 3 rings (SSSR count). The SMILES string of the molecule is CCc1ccc2nc(N(CCN(CC)CC)C(=O)CSc3ccc(F)cc3)sc2c1.Cl. The number of aromatic nitrogens is 1. The Morgan fingerprint density at radius 1 is 1.06 bits per heavy atom. The molecule has 3 aromatic rings. The first-order valence-electron chi connectivity index (χ1n) is 10.3. The van der Waals surface area contributed by atoms with Crippen LogP contribution in [0.15, 0.2) is 47.4 Å². The van der Waals surface area contributed by atoms with E-state index >= 15 is 0 Å². The normalized spacial score (nSPS) is 11.0. The van der Waals surface area contributed by atoms with Gasteiger partial charge < -0.3 is 4.90 Å². The molecule has 0 aliphatic heterocycles. The van der Waals surface area contributed by atoms with E-state index in [9.17, 15) is 9.18 Å². The number of carbonyl (C=O) groups is 1. The van der Waals surface area contributed by atoms with E-state index in [1.807, 2.05) is 11.0 Å². The summed E-state index contributed by atoms with van der Waals surface area (Å²) in [6.45, 7) is 9.69. The van der Waals surface area contributed by atoms with Gasteiger partial charge in [-0.1, -0.05) is 38.2 Å². The van der Waals surface area contributed by atoms with Gasteiger partial charge in [0.25, 0.3) is 0 Å². The number of benzene rings is 2. The number of thioether (sulfide) groups is 1. The lowest BCUT2D eigenvalue weighted by Crippen LogP contribution is -2.39. The number of anilines is 1. The van der Waals surface area contributed by atoms with E-state index in [0.29, 0.717) is 12.3 Å². The Morgan fingerprint density at radius 3 is 2.42 bits per heavy atom. The predicted molar refractivity (Wildman–Crippen MR) is 134 cm³/mol. The van der Waals surface area contributed by atoms with Crippen molar-refractivity contribution in [1.29, 1.82) is 0 Å². The van der Waals surface area contributed by atoms with Crippen molar-refractivity contribution in [2.75, 3.05) is 36.8 Å². The maximum absolute atomic E-state index is 13.2. The van der Waals surface area contributed by atoms with E-state index in [0.717, 1.165) is 46.3 Å². The molecule has 168 valence electrons. The quantitative estimate of drug-likeness (QED) is 0.338. The van der Waals surface area contributed by atoms with Gasteiger partial charge in [-0.05, 0) is 61.5 Å². The van der Waals surface area contributed by atoms with Crippen LogP contribution in [0.1, 0.15) is 26.3 Å². The molecule has 0 saturated heterocycles. The van der Waals surface area contributed by atoms with Gasteiger partial charge in [0.1, 0.15) is 5.82 Å². The topological polar surface area (TPSA) is 36.4 Å². The monoisotopic (exact) mass is 481 g/mol. The van der Waals surface area contributed by atoms with Gasteiger partial charge in [0.15, 0.2) is 5.13 Å². The Kier molecular flexibility index (Phi) is 10.2. The summed E-state index contributed by atoms with van der Waals surface area (Å²) in [6.07, 6.45) is 0.974. The molecule has 2 aromatic carbocycles. The summed E-state index contributed by atoms with van der Waals surface area (Å²) in [5.74, 6) is 0.0405. The van der Waals surface area contributed by atoms with Crippen molar-refractivity contribution in [3.05, 3.63) is 53.8 Å². The molecule has 1 heterocycles. The van der Waals surface area contributed by atoms with Gasteiger partial charge in [-0.3, -0.25) is 9.69 Å². The molecule has 1 amide bonds. The molecule has 0 unspecified atom stereocenters. The number of rotatable bonds is 10. The van der Waals surface area contributed by atoms with E-state index in [4.69, 9.17) is 4.98 Å². The largest absolute Gasteiger partial charge is 0.302 e. The average Bonchev–Trinajstić information content (AvgIpc) is 3.19. The molecular weight excluding hydrogens is 453 g/mol. The van der Waals surface area contributed by atoms with Gasteiger partial charge in [-0.25, -0.2) is 9.37 Å². The van der Waals surface area contributed by atoms with Crippen molar-refractivity contribution in [1.82, 2.24) is 9.88 Å². The summed E-state index contributed by atoms with van der Waals surface area (Å²) in [7, 11) is 0. The molecule has 0 saturated carbocycles. The van der Waals surface area contributed by atoms with Gasteiger partial charge in [0, 0.05) is 18.0 Å². The van der Waals surface area contributed by atoms with Gasteiger partial charge in [-0.2, -0.15) is 0 Å². The number of fused-ring (bicyclic) bond motifs is 1. The second-order valence-corrected chi connectivity index (χ2v) is 9.02. The van der Waals surface area contributed by atoms with Crippen LogP contribution < -0.4 is 4.90 Å². The summed E-state index contributed by atoms with van der Waals surface area (Å²) in [4.78, 5) is 22.9. The molecular formula is C23H29ClFN3OS2. The maximum atomic E-state index is 13.2. The number of amides is 1. The number of halogens is 2. The van der Waals surface area contributed by atoms with Gasteiger partial charge in [-0.15, -0.1) is 24.2 Å². The first kappa shape index (κ1) is 25.6. The highest BCUT2D eigenvalue weighted by atomic mass is 35.5. The highest BCUT2D eigenvalue weighted by Gasteiger charge is 2.20. The van der Waals surface area contributed by atoms with Crippen LogP contribution >= 0.6 is 35.5 Å². The van der Waals surface area contributed by atoms with Crippen LogP contribution in [0.5, 0.6) is 0 Å². The van der Waals surface area contributed by atoms with Crippen molar-refractivity contribution >= 4 is 56.8 Å². The fraction of sp³-hybridized carbons (Fsp3) is 0.391. The number of likely N-dealkylation sites (N-methyl/N-ethyl adjacent to an activating group) is 1. The lowest BCUT2D eigenvalue weighted by Gasteiger charge is -2.24. The van der Waals surface area contributed by atoms with Crippen LogP contribution in [-0.2, 0) is 11.2 Å². The number of aryl methyl sites for hydroxylation is 1. The molecule has 0 atom stereocenters. The molecule has 0 aliphatic rings. The van der Waals surface area contributed by atoms with Gasteiger partial charge >= 0.3 is 0 Å². The Balaban J connectivity index is 0.00000341. The summed E-state index contributed by atoms with van der Waals surface area (Å²) in [5.41, 5.74) is 2.20. The van der Waals surface area contributed by atoms with Gasteiger partial charge in [0.2, 0.25) is 5.91 Å². The molecule has 0 fully saturated rings. The fourth-order valence-electron chi connectivity index (χ4n) is 3.15. The Labute approximate surface area is 198 Å². The van der Waals surface area contributed by atoms with E-state index in [1.165, 1.54) is 29.5 Å². The number of hydrogen-bond acceptors (Lipinski definition) is 5. The van der Waals surface area contributed by atoms with Crippen LogP contribution in [0.4, 0.5) is 9.52 Å². The molecule has 31 heavy (non-hydrogen) atoms. The van der Waals surface area contributed by atoms with Crippen molar-refractivity contribution < 1.29 is 9.18 Å². The van der Waals surface area contributed by atoms with E-state index < -0.39 is 0 Å². The first-order valence-corrected chi connectivity index (χ1v) is 12.1. The number of thiazole rings is 1. The highest BCUT2D eigenvalue weighted by molar-refractivity contribution is 8.00. The zero-order valence-corrected chi connectivity index (χ0v) is 20.6. The number of hydrogen-bond donors (Lipinski definition) is 0. The van der Waals surface area contributed by atoms with Crippen LogP contribution in [-0.4, -0.2) is 47.7 Å². The smallest absolute Gasteiger partial charge is 0.239 e. The van der Waals surface area contributed by atoms with Crippen molar-refractivity contribution in [2.24, 2.45) is 0 Å². The summed E-state index contributed by atoms with van der Waals surface area (Å²) >= 11 is 2.99. The predicted octanol–water partition coefficient (Wildman–Crippen LogP) is 5.89. The number of carbonyl (C=O) groups excluding carboxylic acids is 1. The highest BCUT2D eigenvalue weighted by Crippen LogP contribution is 2.30. The second-order valence-electron chi connectivity index (χ2n) is 6.97. The molecule has 1 aromatic heterocycles. The fourth-order valence-corrected chi connectivity index (χ4v) is 5.00. The summed E-state index contributed by atoms with van der Waals surface area (Å²) < 4.78 is 14.2. The molecule has 0 N–H and O–H groups in total. The third kappa shape index (κ3) is 6.91. The summed E-state index contributed by atoms with van der Waals surface area (Å²) in [5, 5.41) is 0.745. The Hall–Kier alpha value is -1.67. The Bertz CT molecular complexity index is 977. The standard InChI is InChI=1S/C23H28FN3OS2.ClH/c1-4-17-7-12-20-21(15-17)30-23(25-20)27(14-13-26(5-2)6-3)22(28)16-29-19-10-8-18(24)9-11-19;/h7-12,15H,4-6,13-14,16H2,1-3H3;1H. The third-order valence-electron chi connectivity index (χ3n) is 5.09.